The third-order valence-electron chi connectivity index (χ3n) is 4.01. The first kappa shape index (κ1) is 17.0. The van der Waals surface area contributed by atoms with Gasteiger partial charge in [0.25, 0.3) is 0 Å². The number of hydrogen-bond donors (Lipinski definition) is 1. The minimum absolute atomic E-state index is 0.0566. The second-order valence-electron chi connectivity index (χ2n) is 5.86. The minimum Gasteiger partial charge on any atom is -0.619 e. The predicted octanol–water partition coefficient (Wildman–Crippen LogP) is 2.61. The van der Waals surface area contributed by atoms with Crippen molar-refractivity contribution >= 4 is 20.9 Å². The molecule has 0 unspecified atom stereocenters. The maximum absolute atomic E-state index is 12.7. The minimum atomic E-state index is -3.72. The molecule has 0 atom stereocenters. The zero-order chi connectivity index (χ0) is 18.9. The van der Waals surface area contributed by atoms with Gasteiger partial charge in [0.05, 0.1) is 20.8 Å². The molecule has 0 aliphatic carbocycles. The number of sulfone groups is 1. The Morgan fingerprint density at radius 3 is 2.48 bits per heavy atom. The fourth-order valence-electron chi connectivity index (χ4n) is 2.66. The highest BCUT2D eigenvalue weighted by atomic mass is 32.2. The molecule has 0 bridgehead atoms. The second-order valence-corrected chi connectivity index (χ2v) is 7.81. The number of benzene rings is 2. The lowest BCUT2D eigenvalue weighted by atomic mass is 10.3. The summed E-state index contributed by atoms with van der Waals surface area (Å²) in [5, 5.41) is 11.1. The maximum atomic E-state index is 12.7. The van der Waals surface area contributed by atoms with Gasteiger partial charge in [0.15, 0.2) is 12.4 Å². The van der Waals surface area contributed by atoms with Crippen LogP contribution in [-0.2, 0) is 16.4 Å². The van der Waals surface area contributed by atoms with Crippen LogP contribution in [0.2, 0.25) is 0 Å². The molecule has 8 heteroatoms. The van der Waals surface area contributed by atoms with Crippen molar-refractivity contribution in [1.29, 1.82) is 0 Å². The molecule has 2 aromatic heterocycles. The van der Waals surface area contributed by atoms with E-state index in [0.29, 0.717) is 21.6 Å². The topological polar surface area (TPSA) is 99.0 Å². The summed E-state index contributed by atoms with van der Waals surface area (Å²) in [7, 11) is -3.72. The number of nitrogens with zero attached hydrogens (tertiary/aromatic N) is 2. The molecule has 4 rings (SSSR count). The third-order valence-corrected chi connectivity index (χ3v) is 5.78. The van der Waals surface area contributed by atoms with Gasteiger partial charge in [-0.15, -0.1) is 0 Å². The Balaban J connectivity index is 1.61. The molecule has 27 heavy (non-hydrogen) atoms. The molecular weight excluding hydrogens is 366 g/mol. The number of imidazole rings is 1. The highest BCUT2D eigenvalue weighted by molar-refractivity contribution is 7.91. The van der Waals surface area contributed by atoms with Crippen molar-refractivity contribution in [2.24, 2.45) is 0 Å². The van der Waals surface area contributed by atoms with Crippen LogP contribution in [0.4, 0.5) is 0 Å². The summed E-state index contributed by atoms with van der Waals surface area (Å²) in [6.07, 6.45) is 2.31. The monoisotopic (exact) mass is 381 g/mol. The summed E-state index contributed by atoms with van der Waals surface area (Å²) in [5.41, 5.74) is 1.24. The van der Waals surface area contributed by atoms with Gasteiger partial charge in [0, 0.05) is 12.1 Å². The van der Waals surface area contributed by atoms with Gasteiger partial charge in [0.1, 0.15) is 18.2 Å². The number of rotatable bonds is 5. The van der Waals surface area contributed by atoms with Crippen LogP contribution in [-0.4, -0.2) is 18.4 Å². The van der Waals surface area contributed by atoms with Crippen molar-refractivity contribution in [1.82, 2.24) is 9.97 Å². The summed E-state index contributed by atoms with van der Waals surface area (Å²) in [5.74, 6) is 1.32. The van der Waals surface area contributed by atoms with Crippen molar-refractivity contribution in [3.8, 4) is 5.75 Å². The zero-order valence-corrected chi connectivity index (χ0v) is 14.9. The van der Waals surface area contributed by atoms with Crippen LogP contribution in [0.3, 0.4) is 0 Å². The van der Waals surface area contributed by atoms with E-state index >= 15 is 0 Å². The number of ether oxygens (including phenoxy) is 1. The molecule has 4 aromatic rings. The Hall–Kier alpha value is -3.39. The molecule has 0 saturated carbocycles. The lowest BCUT2D eigenvalue weighted by Crippen LogP contribution is -2.24. The van der Waals surface area contributed by atoms with E-state index in [1.54, 1.807) is 6.07 Å². The van der Waals surface area contributed by atoms with Gasteiger partial charge in [0.2, 0.25) is 9.84 Å². The highest BCUT2D eigenvalue weighted by Gasteiger charge is 2.19. The molecule has 2 aromatic carbocycles. The Bertz CT molecular complexity index is 1190. The van der Waals surface area contributed by atoms with Crippen molar-refractivity contribution < 1.29 is 17.9 Å². The van der Waals surface area contributed by atoms with Crippen LogP contribution in [0.5, 0.6) is 5.75 Å². The van der Waals surface area contributed by atoms with E-state index in [0.717, 1.165) is 18.1 Å². The molecule has 0 saturated heterocycles. The third kappa shape index (κ3) is 3.47. The largest absolute Gasteiger partial charge is 0.619 e. The van der Waals surface area contributed by atoms with E-state index in [9.17, 15) is 13.6 Å². The summed E-state index contributed by atoms with van der Waals surface area (Å²) in [6.45, 7) is 0.239. The number of aromatic amines is 1. The molecule has 0 fully saturated rings. The SMILES string of the molecule is O=S(=O)(c1cc[n+]([O-])cc1)c1ccc2nc(COc3ccccc3)[nH]c2c1. The van der Waals surface area contributed by atoms with Crippen molar-refractivity contribution in [3.05, 3.63) is 84.1 Å². The maximum Gasteiger partial charge on any atom is 0.207 e. The molecule has 0 aliphatic rings. The molecule has 0 amide bonds. The van der Waals surface area contributed by atoms with Crippen molar-refractivity contribution in [2.45, 2.75) is 16.4 Å². The van der Waals surface area contributed by atoms with E-state index in [1.165, 1.54) is 24.3 Å². The number of hydrogen-bond acceptors (Lipinski definition) is 5. The first-order valence-corrected chi connectivity index (χ1v) is 9.61. The van der Waals surface area contributed by atoms with Gasteiger partial charge in [-0.2, -0.15) is 4.73 Å². The Kier molecular flexibility index (Phi) is 4.25. The predicted molar refractivity (Wildman–Crippen MR) is 97.7 cm³/mol. The van der Waals surface area contributed by atoms with Gasteiger partial charge in [-0.25, -0.2) is 13.4 Å². The quantitative estimate of drug-likeness (QED) is 0.423. The second kappa shape index (κ2) is 6.73. The van der Waals surface area contributed by atoms with Crippen LogP contribution >= 0.6 is 0 Å². The van der Waals surface area contributed by atoms with Crippen LogP contribution < -0.4 is 9.47 Å². The number of fused-ring (bicyclic) bond motifs is 1. The number of pyridine rings is 1. The molecule has 0 spiro atoms. The van der Waals surface area contributed by atoms with Crippen LogP contribution in [0.15, 0.2) is 82.8 Å². The summed E-state index contributed by atoms with van der Waals surface area (Å²) < 4.78 is 31.7. The molecule has 0 aliphatic heterocycles. The summed E-state index contributed by atoms with van der Waals surface area (Å²) >= 11 is 0. The average Bonchev–Trinajstić information content (AvgIpc) is 3.10. The molecule has 136 valence electrons. The Labute approximate surface area is 155 Å². The summed E-state index contributed by atoms with van der Waals surface area (Å²) in [6, 6.07) is 16.6. The smallest absolute Gasteiger partial charge is 0.207 e. The van der Waals surface area contributed by atoms with Crippen LogP contribution in [0.25, 0.3) is 11.0 Å². The number of aromatic nitrogens is 3. The first-order valence-electron chi connectivity index (χ1n) is 8.13. The van der Waals surface area contributed by atoms with E-state index in [2.05, 4.69) is 9.97 Å². The highest BCUT2D eigenvalue weighted by Crippen LogP contribution is 2.23. The van der Waals surface area contributed by atoms with Gasteiger partial charge >= 0.3 is 0 Å². The molecule has 1 N–H and O–H groups in total. The van der Waals surface area contributed by atoms with Gasteiger partial charge in [-0.1, -0.05) is 18.2 Å². The van der Waals surface area contributed by atoms with Crippen LogP contribution in [0, 0.1) is 5.21 Å². The van der Waals surface area contributed by atoms with E-state index in [1.807, 2.05) is 30.3 Å². The lowest BCUT2D eigenvalue weighted by Gasteiger charge is -2.04. The number of para-hydroxylation sites is 1. The molecular formula is C19H15N3O4S. The van der Waals surface area contributed by atoms with Gasteiger partial charge < -0.3 is 14.9 Å². The van der Waals surface area contributed by atoms with Gasteiger partial charge in [-0.3, -0.25) is 0 Å². The zero-order valence-electron chi connectivity index (χ0n) is 14.1. The standard InChI is InChI=1S/C19H15N3O4S/c23-22-10-8-15(9-11-22)27(24,25)16-6-7-17-18(12-16)21-19(20-17)13-26-14-4-2-1-3-5-14/h1-12H,13H2,(H,20,21). The fraction of sp³-hybridized carbons (Fsp3) is 0.0526. The van der Waals surface area contributed by atoms with Crippen LogP contribution in [0.1, 0.15) is 5.82 Å². The number of H-pyrrole nitrogens is 1. The molecule has 2 heterocycles. The van der Waals surface area contributed by atoms with E-state index in [4.69, 9.17) is 4.74 Å². The fourth-order valence-corrected chi connectivity index (χ4v) is 3.93. The molecule has 7 nitrogen and oxygen atoms in total. The number of nitrogens with one attached hydrogen (secondary N) is 1. The average molecular weight is 381 g/mol. The van der Waals surface area contributed by atoms with Gasteiger partial charge in [-0.05, 0) is 30.3 Å². The Morgan fingerprint density at radius 2 is 1.74 bits per heavy atom. The van der Waals surface area contributed by atoms with Crippen molar-refractivity contribution in [2.75, 3.05) is 0 Å². The summed E-state index contributed by atoms with van der Waals surface area (Å²) in [4.78, 5) is 7.68. The van der Waals surface area contributed by atoms with E-state index in [-0.39, 0.29) is 16.4 Å². The first-order chi connectivity index (χ1) is 13.0. The Morgan fingerprint density at radius 1 is 1.00 bits per heavy atom. The normalized spacial score (nSPS) is 11.6. The van der Waals surface area contributed by atoms with E-state index < -0.39 is 9.84 Å². The lowest BCUT2D eigenvalue weighted by molar-refractivity contribution is -0.605. The molecule has 0 radical (unpaired) electrons. The van der Waals surface area contributed by atoms with Crippen molar-refractivity contribution in [3.63, 3.8) is 0 Å².